The average molecular weight is 581 g/mol. The van der Waals surface area contributed by atoms with E-state index in [1.807, 2.05) is 17.8 Å². The van der Waals surface area contributed by atoms with Crippen molar-refractivity contribution in [3.05, 3.63) is 70.9 Å². The van der Waals surface area contributed by atoms with Crippen LogP contribution in [0.4, 0.5) is 19.0 Å². The zero-order chi connectivity index (χ0) is 26.0. The summed E-state index contributed by atoms with van der Waals surface area (Å²) in [5, 5.41) is 0.698. The van der Waals surface area contributed by atoms with Gasteiger partial charge in [-0.3, -0.25) is 4.79 Å². The fraction of sp³-hybridized carbons (Fsp3) is 0.333. The van der Waals surface area contributed by atoms with E-state index in [1.165, 1.54) is 48.4 Å². The van der Waals surface area contributed by atoms with Gasteiger partial charge in [0.15, 0.2) is 5.78 Å². The monoisotopic (exact) mass is 580 g/mol. The lowest BCUT2D eigenvalue weighted by Crippen LogP contribution is -2.08. The van der Waals surface area contributed by atoms with Crippen LogP contribution in [0.3, 0.4) is 0 Å². The lowest BCUT2D eigenvalue weighted by molar-refractivity contribution is -0.137. The van der Waals surface area contributed by atoms with Gasteiger partial charge in [0.2, 0.25) is 0 Å². The van der Waals surface area contributed by atoms with Gasteiger partial charge in [-0.05, 0) is 92.2 Å². The normalized spacial score (nSPS) is 16.2. The first kappa shape index (κ1) is 26.8. The van der Waals surface area contributed by atoms with Crippen LogP contribution in [-0.4, -0.2) is 16.0 Å². The van der Waals surface area contributed by atoms with Crippen LogP contribution in [-0.2, 0) is 6.18 Å². The smallest absolute Gasteiger partial charge is 0.310 e. The fourth-order valence-electron chi connectivity index (χ4n) is 4.08. The number of thioether (sulfide) groups is 1. The molecule has 0 amide bonds. The van der Waals surface area contributed by atoms with Crippen molar-refractivity contribution in [1.29, 1.82) is 0 Å². The van der Waals surface area contributed by atoms with Gasteiger partial charge in [-0.2, -0.15) is 13.2 Å². The van der Waals surface area contributed by atoms with E-state index in [1.54, 1.807) is 6.07 Å². The van der Waals surface area contributed by atoms with Crippen molar-refractivity contribution in [2.24, 2.45) is 5.92 Å². The molecular formula is C27H24ClF3N2OS3. The van der Waals surface area contributed by atoms with Crippen molar-refractivity contribution in [2.45, 2.75) is 69.5 Å². The first-order valence-electron chi connectivity index (χ1n) is 12.1. The number of hydrogen-bond donors (Lipinski definition) is 1. The number of rotatable bonds is 9. The first-order valence-corrected chi connectivity index (χ1v) is 14.9. The molecule has 0 bridgehead atoms. The Bertz CT molecular complexity index is 1280. The SMILES string of the molecule is O=C(c1nc(NSc2ccc(C(F)(F)F)cc2Cl)ccc1Sc1ccc(SC2CCCC2)cc1)C1CC1. The molecule has 2 aromatic carbocycles. The third kappa shape index (κ3) is 6.99. The highest BCUT2D eigenvalue weighted by Gasteiger charge is 2.33. The van der Waals surface area contributed by atoms with Crippen LogP contribution in [0.25, 0.3) is 0 Å². The standard InChI is InChI=1S/C27H24ClF3N2OS3/c28-21-15-17(27(29,30)31)7-12-22(21)37-33-24-14-13-23(25(32-24)26(34)16-5-6-16)36-20-10-8-19(9-11-20)35-18-3-1-2-4-18/h7-16,18H,1-6H2,(H,32,33). The summed E-state index contributed by atoms with van der Waals surface area (Å²) in [6.45, 7) is 0. The van der Waals surface area contributed by atoms with Crippen LogP contribution < -0.4 is 4.72 Å². The Kier molecular flexibility index (Phi) is 8.34. The first-order chi connectivity index (χ1) is 17.8. The summed E-state index contributed by atoms with van der Waals surface area (Å²) in [7, 11) is 0. The molecule has 0 aliphatic heterocycles. The Morgan fingerprint density at radius 3 is 2.24 bits per heavy atom. The van der Waals surface area contributed by atoms with Crippen molar-refractivity contribution < 1.29 is 18.0 Å². The molecule has 0 spiro atoms. The number of hydrogen-bond acceptors (Lipinski definition) is 6. The maximum Gasteiger partial charge on any atom is 0.416 e. The average Bonchev–Trinajstić information content (AvgIpc) is 3.60. The summed E-state index contributed by atoms with van der Waals surface area (Å²) in [6, 6.07) is 15.3. The van der Waals surface area contributed by atoms with Crippen molar-refractivity contribution in [3.8, 4) is 0 Å². The highest BCUT2D eigenvalue weighted by molar-refractivity contribution is 8.00. The number of Topliss-reactive ketones (excluding diaryl/α,β-unsaturated/α-hetero) is 1. The molecule has 3 aromatic rings. The van der Waals surface area contributed by atoms with E-state index < -0.39 is 11.7 Å². The van der Waals surface area contributed by atoms with E-state index >= 15 is 0 Å². The van der Waals surface area contributed by atoms with Crippen LogP contribution >= 0.6 is 47.1 Å². The molecule has 1 heterocycles. The second kappa shape index (κ2) is 11.5. The highest BCUT2D eigenvalue weighted by atomic mass is 35.5. The Morgan fingerprint density at radius 1 is 0.919 bits per heavy atom. The van der Waals surface area contributed by atoms with Gasteiger partial charge in [0.05, 0.1) is 10.6 Å². The number of carbonyl (C=O) groups is 1. The van der Waals surface area contributed by atoms with Crippen LogP contribution in [0.15, 0.2) is 74.2 Å². The number of alkyl halides is 3. The van der Waals surface area contributed by atoms with Crippen LogP contribution in [0.5, 0.6) is 0 Å². The minimum Gasteiger partial charge on any atom is -0.310 e. The third-order valence-corrected chi connectivity index (χ3v) is 9.94. The summed E-state index contributed by atoms with van der Waals surface area (Å²) in [6.07, 6.45) is 2.47. The van der Waals surface area contributed by atoms with Gasteiger partial charge in [0.25, 0.3) is 0 Å². The summed E-state index contributed by atoms with van der Waals surface area (Å²) in [5.74, 6) is 0.471. The Balaban J connectivity index is 1.29. The van der Waals surface area contributed by atoms with Crippen molar-refractivity contribution >= 4 is 58.7 Å². The van der Waals surface area contributed by atoms with Gasteiger partial charge in [0, 0.05) is 30.7 Å². The van der Waals surface area contributed by atoms with Gasteiger partial charge in [-0.25, -0.2) is 4.98 Å². The quantitative estimate of drug-likeness (QED) is 0.201. The number of ketones is 1. The maximum atomic E-state index is 13.0. The van der Waals surface area contributed by atoms with E-state index in [9.17, 15) is 18.0 Å². The van der Waals surface area contributed by atoms with E-state index in [-0.39, 0.29) is 16.7 Å². The molecule has 0 radical (unpaired) electrons. The van der Waals surface area contributed by atoms with Crippen molar-refractivity contribution in [1.82, 2.24) is 4.98 Å². The molecule has 2 saturated carbocycles. The molecule has 194 valence electrons. The Labute approximate surface area is 231 Å². The highest BCUT2D eigenvalue weighted by Crippen LogP contribution is 2.40. The fourth-order valence-corrected chi connectivity index (χ4v) is 7.15. The summed E-state index contributed by atoms with van der Waals surface area (Å²) < 4.78 is 41.8. The Hall–Kier alpha value is -1.81. The second-order valence-electron chi connectivity index (χ2n) is 9.13. The Morgan fingerprint density at radius 2 is 1.59 bits per heavy atom. The molecule has 0 unspecified atom stereocenters. The zero-order valence-corrected chi connectivity index (χ0v) is 22.9. The largest absolute Gasteiger partial charge is 0.416 e. The predicted molar refractivity (Wildman–Crippen MR) is 146 cm³/mol. The number of benzene rings is 2. The predicted octanol–water partition coefficient (Wildman–Crippen LogP) is 9.65. The maximum absolute atomic E-state index is 13.0. The van der Waals surface area contributed by atoms with Gasteiger partial charge < -0.3 is 4.72 Å². The van der Waals surface area contributed by atoms with E-state index in [0.29, 0.717) is 21.7 Å². The van der Waals surface area contributed by atoms with Crippen LogP contribution in [0.2, 0.25) is 5.02 Å². The summed E-state index contributed by atoms with van der Waals surface area (Å²) >= 11 is 10.6. The van der Waals surface area contributed by atoms with E-state index in [4.69, 9.17) is 11.6 Å². The molecule has 2 aliphatic carbocycles. The third-order valence-electron chi connectivity index (χ3n) is 6.22. The zero-order valence-electron chi connectivity index (χ0n) is 19.7. The molecule has 37 heavy (non-hydrogen) atoms. The number of pyridine rings is 1. The number of nitrogens with zero attached hydrogens (tertiary/aromatic N) is 1. The van der Waals surface area contributed by atoms with Crippen LogP contribution in [0.1, 0.15) is 54.6 Å². The number of halogens is 4. The van der Waals surface area contributed by atoms with Gasteiger partial charge >= 0.3 is 6.18 Å². The van der Waals surface area contributed by atoms with E-state index in [2.05, 4.69) is 34.0 Å². The lowest BCUT2D eigenvalue weighted by atomic mass is 10.2. The molecule has 2 aliphatic rings. The number of aromatic nitrogens is 1. The lowest BCUT2D eigenvalue weighted by Gasteiger charge is -2.13. The molecule has 10 heteroatoms. The summed E-state index contributed by atoms with van der Waals surface area (Å²) in [4.78, 5) is 21.1. The molecule has 0 saturated heterocycles. The molecule has 1 N–H and O–H groups in total. The van der Waals surface area contributed by atoms with Gasteiger partial charge in [0.1, 0.15) is 11.5 Å². The molecule has 5 rings (SSSR count). The molecule has 3 nitrogen and oxygen atoms in total. The molecule has 1 aromatic heterocycles. The topological polar surface area (TPSA) is 42.0 Å². The molecule has 0 atom stereocenters. The minimum atomic E-state index is -4.46. The number of anilines is 1. The van der Waals surface area contributed by atoms with E-state index in [0.717, 1.165) is 46.7 Å². The minimum absolute atomic E-state index is 0.00398. The molecular weight excluding hydrogens is 557 g/mol. The second-order valence-corrected chi connectivity index (χ2v) is 12.9. The summed E-state index contributed by atoms with van der Waals surface area (Å²) in [5.41, 5.74) is -0.384. The van der Waals surface area contributed by atoms with Crippen LogP contribution in [0, 0.1) is 5.92 Å². The van der Waals surface area contributed by atoms with Gasteiger partial charge in [-0.1, -0.05) is 36.2 Å². The van der Waals surface area contributed by atoms with Crippen molar-refractivity contribution in [2.75, 3.05) is 4.72 Å². The van der Waals surface area contributed by atoms with Gasteiger partial charge in [-0.15, -0.1) is 11.8 Å². The molecule has 2 fully saturated rings. The van der Waals surface area contributed by atoms with Crippen molar-refractivity contribution in [3.63, 3.8) is 0 Å². The number of carbonyl (C=O) groups excluding carboxylic acids is 1. The number of nitrogens with one attached hydrogen (secondary N) is 1.